The lowest BCUT2D eigenvalue weighted by Crippen LogP contribution is -2.11. The minimum absolute atomic E-state index is 0.124. The van der Waals surface area contributed by atoms with Crippen molar-refractivity contribution in [3.63, 3.8) is 0 Å². The largest absolute Gasteiger partial charge is 0.383 e. The van der Waals surface area contributed by atoms with Gasteiger partial charge in [0.15, 0.2) is 0 Å². The van der Waals surface area contributed by atoms with Gasteiger partial charge in [0.2, 0.25) is 0 Å². The number of anilines is 1. The highest BCUT2D eigenvalue weighted by atomic mass is 79.9. The van der Waals surface area contributed by atoms with E-state index in [0.717, 1.165) is 8.95 Å². The number of nitrogens with zero attached hydrogens (tertiary/aromatic N) is 2. The molecule has 0 saturated heterocycles. The van der Waals surface area contributed by atoms with E-state index in [4.69, 9.17) is 5.73 Å². The van der Waals surface area contributed by atoms with Gasteiger partial charge in [0, 0.05) is 4.47 Å². The monoisotopic (exact) mass is 343 g/mol. The molecule has 0 aliphatic rings. The number of nitrogen functional groups attached to an aromatic ring is 1. The van der Waals surface area contributed by atoms with Crippen LogP contribution in [0.5, 0.6) is 0 Å². The van der Waals surface area contributed by atoms with Gasteiger partial charge < -0.3 is 5.73 Å². The lowest BCUT2D eigenvalue weighted by molar-refractivity contribution is 0.573. The minimum atomic E-state index is 0.124. The Kier molecular flexibility index (Phi) is 3.35. The number of hydrogen-bond donors (Lipinski definition) is 1. The molecule has 1 heterocycles. The lowest BCUT2D eigenvalue weighted by atomic mass is 10.1. The van der Waals surface area contributed by atoms with Gasteiger partial charge in [0.1, 0.15) is 5.82 Å². The maximum Gasteiger partial charge on any atom is 0.136 e. The second-order valence-electron chi connectivity index (χ2n) is 3.55. The summed E-state index contributed by atoms with van der Waals surface area (Å²) in [6.45, 7) is 2.07. The number of benzene rings is 1. The van der Waals surface area contributed by atoms with Gasteiger partial charge in [0.25, 0.3) is 0 Å². The minimum Gasteiger partial charge on any atom is -0.383 e. The molecule has 84 valence electrons. The van der Waals surface area contributed by atoms with Gasteiger partial charge >= 0.3 is 0 Å². The van der Waals surface area contributed by atoms with Crippen LogP contribution in [0, 0.1) is 0 Å². The molecule has 0 amide bonds. The van der Waals surface area contributed by atoms with Crippen molar-refractivity contribution in [2.45, 2.75) is 13.0 Å². The summed E-state index contributed by atoms with van der Waals surface area (Å²) >= 11 is 6.77. The Bertz CT molecular complexity index is 490. The summed E-state index contributed by atoms with van der Waals surface area (Å²) in [4.78, 5) is 0. The molecule has 0 fully saturated rings. The van der Waals surface area contributed by atoms with Crippen molar-refractivity contribution in [1.29, 1.82) is 0 Å². The zero-order valence-corrected chi connectivity index (χ0v) is 11.9. The molecule has 3 nitrogen and oxygen atoms in total. The van der Waals surface area contributed by atoms with E-state index in [9.17, 15) is 0 Å². The van der Waals surface area contributed by atoms with Gasteiger partial charge in [-0.3, -0.25) is 0 Å². The summed E-state index contributed by atoms with van der Waals surface area (Å²) in [7, 11) is 0. The van der Waals surface area contributed by atoms with E-state index in [-0.39, 0.29) is 6.04 Å². The smallest absolute Gasteiger partial charge is 0.136 e. The predicted octanol–water partition coefficient (Wildman–Crippen LogP) is 3.60. The molecule has 1 atom stereocenters. The lowest BCUT2D eigenvalue weighted by Gasteiger charge is -2.14. The van der Waals surface area contributed by atoms with Gasteiger partial charge in [-0.2, -0.15) is 5.10 Å². The first-order valence-electron chi connectivity index (χ1n) is 4.83. The van der Waals surface area contributed by atoms with E-state index in [1.807, 2.05) is 12.1 Å². The third kappa shape index (κ3) is 2.15. The van der Waals surface area contributed by atoms with Crippen molar-refractivity contribution in [3.05, 3.63) is 45.0 Å². The third-order valence-electron chi connectivity index (χ3n) is 2.51. The highest BCUT2D eigenvalue weighted by Gasteiger charge is 2.13. The van der Waals surface area contributed by atoms with E-state index >= 15 is 0 Å². The van der Waals surface area contributed by atoms with Crippen molar-refractivity contribution < 1.29 is 0 Å². The van der Waals surface area contributed by atoms with Crippen LogP contribution in [0.1, 0.15) is 18.5 Å². The summed E-state index contributed by atoms with van der Waals surface area (Å²) in [6, 6.07) is 8.27. The maximum absolute atomic E-state index is 5.92. The van der Waals surface area contributed by atoms with Crippen LogP contribution in [0.3, 0.4) is 0 Å². The normalized spacial score (nSPS) is 12.7. The number of aromatic nitrogens is 2. The predicted molar refractivity (Wildman–Crippen MR) is 72.3 cm³/mol. The van der Waals surface area contributed by atoms with Crippen LogP contribution >= 0.6 is 31.9 Å². The average Bonchev–Trinajstić information content (AvgIpc) is 2.60. The highest BCUT2D eigenvalue weighted by Crippen LogP contribution is 2.26. The Balaban J connectivity index is 2.35. The van der Waals surface area contributed by atoms with Crippen LogP contribution in [0.4, 0.5) is 5.82 Å². The average molecular weight is 345 g/mol. The van der Waals surface area contributed by atoms with E-state index < -0.39 is 0 Å². The molecule has 0 spiro atoms. The van der Waals surface area contributed by atoms with Crippen LogP contribution in [0.15, 0.2) is 39.4 Å². The molecular weight excluding hydrogens is 334 g/mol. The second kappa shape index (κ2) is 4.59. The number of rotatable bonds is 2. The quantitative estimate of drug-likeness (QED) is 0.904. The first-order valence-corrected chi connectivity index (χ1v) is 6.42. The van der Waals surface area contributed by atoms with Gasteiger partial charge in [-0.25, -0.2) is 4.68 Å². The number of halogens is 2. The topological polar surface area (TPSA) is 43.8 Å². The summed E-state index contributed by atoms with van der Waals surface area (Å²) < 4.78 is 3.70. The van der Waals surface area contributed by atoms with Gasteiger partial charge in [-0.1, -0.05) is 28.1 Å². The Morgan fingerprint density at radius 2 is 1.88 bits per heavy atom. The Labute approximate surface area is 111 Å². The molecule has 1 unspecified atom stereocenters. The fourth-order valence-corrected chi connectivity index (χ4v) is 2.08. The molecule has 2 N–H and O–H groups in total. The van der Waals surface area contributed by atoms with Crippen LogP contribution in [-0.4, -0.2) is 9.78 Å². The van der Waals surface area contributed by atoms with Crippen molar-refractivity contribution in [3.8, 4) is 0 Å². The van der Waals surface area contributed by atoms with Gasteiger partial charge in [-0.15, -0.1) is 0 Å². The molecule has 0 aliphatic carbocycles. The summed E-state index contributed by atoms with van der Waals surface area (Å²) in [6.07, 6.45) is 1.71. The van der Waals surface area contributed by atoms with E-state index in [1.165, 1.54) is 5.56 Å². The van der Waals surface area contributed by atoms with Crippen molar-refractivity contribution in [1.82, 2.24) is 9.78 Å². The van der Waals surface area contributed by atoms with E-state index in [1.54, 1.807) is 10.9 Å². The molecule has 5 heteroatoms. The Morgan fingerprint density at radius 1 is 1.25 bits per heavy atom. The molecule has 0 aliphatic heterocycles. The maximum atomic E-state index is 5.92. The van der Waals surface area contributed by atoms with E-state index in [2.05, 4.69) is 56.0 Å². The molecule has 2 rings (SSSR count). The molecule has 0 saturated carbocycles. The van der Waals surface area contributed by atoms with Gasteiger partial charge in [-0.05, 0) is 40.5 Å². The summed E-state index contributed by atoms with van der Waals surface area (Å²) in [5.41, 5.74) is 7.09. The Morgan fingerprint density at radius 3 is 2.38 bits per heavy atom. The fourth-order valence-electron chi connectivity index (χ4n) is 1.54. The van der Waals surface area contributed by atoms with Crippen molar-refractivity contribution in [2.24, 2.45) is 0 Å². The first-order chi connectivity index (χ1) is 7.59. The summed E-state index contributed by atoms with van der Waals surface area (Å²) in [5.74, 6) is 0.649. The number of hydrogen-bond acceptors (Lipinski definition) is 2. The van der Waals surface area contributed by atoms with Gasteiger partial charge in [0.05, 0.1) is 16.7 Å². The Hall–Kier alpha value is -0.810. The van der Waals surface area contributed by atoms with Crippen LogP contribution in [0.2, 0.25) is 0 Å². The van der Waals surface area contributed by atoms with Crippen LogP contribution in [-0.2, 0) is 0 Å². The number of nitrogens with two attached hydrogens (primary N) is 1. The standard InChI is InChI=1S/C11H11Br2N3/c1-7(8-2-4-9(12)5-3-8)16-11(14)10(13)6-15-16/h2-7H,14H2,1H3. The SMILES string of the molecule is CC(c1ccc(Br)cc1)n1ncc(Br)c1N. The summed E-state index contributed by atoms with van der Waals surface area (Å²) in [5, 5.41) is 4.25. The van der Waals surface area contributed by atoms with Crippen molar-refractivity contribution >= 4 is 37.7 Å². The van der Waals surface area contributed by atoms with Crippen LogP contribution in [0.25, 0.3) is 0 Å². The highest BCUT2D eigenvalue weighted by molar-refractivity contribution is 9.10. The molecule has 1 aromatic heterocycles. The fraction of sp³-hybridized carbons (Fsp3) is 0.182. The first kappa shape index (κ1) is 11.7. The zero-order chi connectivity index (χ0) is 11.7. The van der Waals surface area contributed by atoms with Crippen molar-refractivity contribution in [2.75, 3.05) is 5.73 Å². The zero-order valence-electron chi connectivity index (χ0n) is 8.69. The second-order valence-corrected chi connectivity index (χ2v) is 5.32. The molecule has 0 bridgehead atoms. The molecule has 1 aromatic carbocycles. The molecule has 16 heavy (non-hydrogen) atoms. The molecule has 2 aromatic rings. The molecular formula is C11H11Br2N3. The molecule has 0 radical (unpaired) electrons. The third-order valence-corrected chi connectivity index (χ3v) is 3.65. The van der Waals surface area contributed by atoms with E-state index in [0.29, 0.717) is 5.82 Å². The van der Waals surface area contributed by atoms with Crippen LogP contribution < -0.4 is 5.73 Å².